The molecule has 1 heterocycles. The third-order valence-corrected chi connectivity index (χ3v) is 4.12. The van der Waals surface area contributed by atoms with E-state index in [0.29, 0.717) is 23.9 Å². The van der Waals surface area contributed by atoms with E-state index in [1.54, 1.807) is 12.1 Å². The van der Waals surface area contributed by atoms with Gasteiger partial charge >= 0.3 is 5.92 Å². The van der Waals surface area contributed by atoms with Crippen LogP contribution in [-0.2, 0) is 4.79 Å². The van der Waals surface area contributed by atoms with E-state index in [1.165, 1.54) is 38.4 Å². The number of rotatable bonds is 7. The molecule has 28 heavy (non-hydrogen) atoms. The number of nitrogens with zero attached hydrogens (tertiary/aromatic N) is 2. The fourth-order valence-corrected chi connectivity index (χ4v) is 2.58. The Labute approximate surface area is 166 Å². The first-order chi connectivity index (χ1) is 13.2. The van der Waals surface area contributed by atoms with Crippen LogP contribution in [0.15, 0.2) is 36.5 Å². The number of carbonyl (C=O) groups excluding carboxylic acids is 1. The Balaban J connectivity index is 2.35. The minimum Gasteiger partial charge on any atom is -0.482 e. The smallest absolute Gasteiger partial charge is 0.321 e. The lowest BCUT2D eigenvalue weighted by molar-refractivity contribution is -0.144. The summed E-state index contributed by atoms with van der Waals surface area (Å²) in [6, 6.07) is 8.75. The van der Waals surface area contributed by atoms with E-state index in [0.717, 1.165) is 0 Å². The van der Waals surface area contributed by atoms with Crippen LogP contribution >= 0.6 is 11.6 Å². The first kappa shape index (κ1) is 21.4. The van der Waals surface area contributed by atoms with Crippen molar-refractivity contribution in [2.24, 2.45) is 0 Å². The summed E-state index contributed by atoms with van der Waals surface area (Å²) < 4.78 is 37.5. The van der Waals surface area contributed by atoms with Crippen LogP contribution in [0.1, 0.15) is 31.1 Å². The summed E-state index contributed by atoms with van der Waals surface area (Å²) in [6.45, 7) is 2.04. The third kappa shape index (κ3) is 5.30. The molecule has 0 saturated heterocycles. The van der Waals surface area contributed by atoms with Gasteiger partial charge in [0, 0.05) is 24.8 Å². The molecule has 0 spiro atoms. The number of ether oxygens (including phenoxy) is 2. The van der Waals surface area contributed by atoms with Crippen molar-refractivity contribution in [3.05, 3.63) is 52.7 Å². The van der Waals surface area contributed by atoms with Gasteiger partial charge in [-0.05, 0) is 31.2 Å². The van der Waals surface area contributed by atoms with Crippen molar-refractivity contribution >= 4 is 17.5 Å². The quantitative estimate of drug-likeness (QED) is 0.749. The molecule has 0 bridgehead atoms. The SMILES string of the molecule is COc1ccc([C@@H](Oc2ccc(C#N)cc2Cl)[C@H](C)NC(=O)C(C)(F)F)cn1. The highest BCUT2D eigenvalue weighted by molar-refractivity contribution is 6.32. The fraction of sp³-hybridized carbons (Fsp3) is 0.316. The molecule has 0 saturated carbocycles. The number of alkyl halides is 2. The summed E-state index contributed by atoms with van der Waals surface area (Å²) in [6.07, 6.45) is 0.573. The monoisotopic (exact) mass is 409 g/mol. The molecule has 9 heteroatoms. The molecule has 1 aromatic heterocycles. The Bertz CT molecular complexity index is 879. The van der Waals surface area contributed by atoms with Gasteiger partial charge in [0.2, 0.25) is 5.88 Å². The molecular formula is C19H18ClF2N3O3. The van der Waals surface area contributed by atoms with E-state index in [4.69, 9.17) is 26.3 Å². The maximum Gasteiger partial charge on any atom is 0.321 e. The van der Waals surface area contributed by atoms with Crippen LogP contribution in [0.25, 0.3) is 0 Å². The van der Waals surface area contributed by atoms with E-state index in [1.807, 2.05) is 6.07 Å². The number of benzene rings is 1. The van der Waals surface area contributed by atoms with Crippen molar-refractivity contribution in [3.63, 3.8) is 0 Å². The van der Waals surface area contributed by atoms with Crippen LogP contribution in [0.5, 0.6) is 11.6 Å². The summed E-state index contributed by atoms with van der Waals surface area (Å²) >= 11 is 6.15. The highest BCUT2D eigenvalue weighted by Gasteiger charge is 2.35. The Morgan fingerprint density at radius 2 is 2.07 bits per heavy atom. The highest BCUT2D eigenvalue weighted by atomic mass is 35.5. The molecule has 2 rings (SSSR count). The minimum atomic E-state index is -3.54. The molecule has 0 aliphatic rings. The maximum absolute atomic E-state index is 13.3. The van der Waals surface area contributed by atoms with Crippen molar-refractivity contribution in [1.82, 2.24) is 10.3 Å². The summed E-state index contributed by atoms with van der Waals surface area (Å²) in [5, 5.41) is 11.3. The fourth-order valence-electron chi connectivity index (χ4n) is 2.35. The number of nitriles is 1. The zero-order chi connectivity index (χ0) is 20.9. The molecule has 0 unspecified atom stereocenters. The molecule has 0 fully saturated rings. The van der Waals surface area contributed by atoms with Crippen LogP contribution < -0.4 is 14.8 Å². The van der Waals surface area contributed by atoms with E-state index in [2.05, 4.69) is 10.3 Å². The van der Waals surface area contributed by atoms with Crippen LogP contribution in [0.4, 0.5) is 8.78 Å². The van der Waals surface area contributed by atoms with Gasteiger partial charge in [-0.2, -0.15) is 14.0 Å². The number of pyridine rings is 1. The molecule has 0 aliphatic carbocycles. The molecule has 6 nitrogen and oxygen atoms in total. The van der Waals surface area contributed by atoms with Crippen LogP contribution in [-0.4, -0.2) is 30.0 Å². The number of nitrogens with one attached hydrogen (secondary N) is 1. The molecule has 1 N–H and O–H groups in total. The van der Waals surface area contributed by atoms with Crippen molar-refractivity contribution in [3.8, 4) is 17.7 Å². The predicted octanol–water partition coefficient (Wildman–Crippen LogP) is 3.90. The second-order valence-corrected chi connectivity index (χ2v) is 6.49. The molecule has 2 atom stereocenters. The molecular weight excluding hydrogens is 392 g/mol. The molecule has 1 amide bonds. The van der Waals surface area contributed by atoms with Crippen molar-refractivity contribution in [2.75, 3.05) is 7.11 Å². The van der Waals surface area contributed by atoms with Gasteiger partial charge in [0.25, 0.3) is 5.91 Å². The number of methoxy groups -OCH3 is 1. The van der Waals surface area contributed by atoms with Crippen molar-refractivity contribution < 1.29 is 23.0 Å². The van der Waals surface area contributed by atoms with Gasteiger partial charge in [-0.15, -0.1) is 0 Å². The molecule has 1 aromatic carbocycles. The Hall–Kier alpha value is -2.92. The van der Waals surface area contributed by atoms with Gasteiger partial charge in [-0.1, -0.05) is 11.6 Å². The Kier molecular flexibility index (Phi) is 6.75. The Morgan fingerprint density at radius 3 is 2.57 bits per heavy atom. The number of hydrogen-bond donors (Lipinski definition) is 1. The van der Waals surface area contributed by atoms with E-state index in [-0.39, 0.29) is 10.8 Å². The second-order valence-electron chi connectivity index (χ2n) is 6.08. The van der Waals surface area contributed by atoms with E-state index >= 15 is 0 Å². The first-order valence-corrected chi connectivity index (χ1v) is 8.58. The zero-order valence-corrected chi connectivity index (χ0v) is 16.1. The van der Waals surface area contributed by atoms with Crippen LogP contribution in [0.3, 0.4) is 0 Å². The lowest BCUT2D eigenvalue weighted by Gasteiger charge is -2.27. The van der Waals surface area contributed by atoms with Gasteiger partial charge in [-0.3, -0.25) is 4.79 Å². The maximum atomic E-state index is 13.3. The summed E-state index contributed by atoms with van der Waals surface area (Å²) in [4.78, 5) is 15.8. The topological polar surface area (TPSA) is 84.2 Å². The lowest BCUT2D eigenvalue weighted by atomic mass is 10.0. The normalized spacial score (nSPS) is 13.2. The molecule has 0 radical (unpaired) electrons. The predicted molar refractivity (Wildman–Crippen MR) is 98.6 cm³/mol. The van der Waals surface area contributed by atoms with Crippen molar-refractivity contribution in [2.45, 2.75) is 31.9 Å². The molecule has 2 aromatic rings. The molecule has 148 valence electrons. The Morgan fingerprint density at radius 1 is 1.36 bits per heavy atom. The zero-order valence-electron chi connectivity index (χ0n) is 15.4. The number of aromatic nitrogens is 1. The average molecular weight is 410 g/mol. The van der Waals surface area contributed by atoms with Gasteiger partial charge < -0.3 is 14.8 Å². The number of amides is 1. The number of hydrogen-bond acceptors (Lipinski definition) is 5. The molecule has 0 aliphatic heterocycles. The van der Waals surface area contributed by atoms with E-state index in [9.17, 15) is 13.6 Å². The largest absolute Gasteiger partial charge is 0.482 e. The lowest BCUT2D eigenvalue weighted by Crippen LogP contribution is -2.46. The van der Waals surface area contributed by atoms with E-state index < -0.39 is 24.0 Å². The summed E-state index contributed by atoms with van der Waals surface area (Å²) in [7, 11) is 1.46. The summed E-state index contributed by atoms with van der Waals surface area (Å²) in [5.41, 5.74) is 0.848. The highest BCUT2D eigenvalue weighted by Crippen LogP contribution is 2.32. The average Bonchev–Trinajstić information content (AvgIpc) is 2.66. The van der Waals surface area contributed by atoms with Gasteiger partial charge in [-0.25, -0.2) is 4.98 Å². The first-order valence-electron chi connectivity index (χ1n) is 8.20. The third-order valence-electron chi connectivity index (χ3n) is 3.82. The van der Waals surface area contributed by atoms with Gasteiger partial charge in [0.15, 0.2) is 0 Å². The van der Waals surface area contributed by atoms with Crippen LogP contribution in [0.2, 0.25) is 5.02 Å². The summed E-state index contributed by atoms with van der Waals surface area (Å²) in [5.74, 6) is -4.38. The standard InChI is InChI=1S/C19H18ClF2N3O3/c1-11(25-18(26)19(2,21)22)17(13-5-7-16(27-3)24-10-13)28-15-6-4-12(9-23)8-14(15)20/h4-8,10-11,17H,1-3H3,(H,25,26)/t11-,17-/m0/s1. The number of carbonyl (C=O) groups is 1. The minimum absolute atomic E-state index is 0.171. The van der Waals surface area contributed by atoms with Gasteiger partial charge in [0.05, 0.1) is 29.8 Å². The second kappa shape index (κ2) is 8.85. The van der Waals surface area contributed by atoms with Crippen molar-refractivity contribution in [1.29, 1.82) is 5.26 Å². The van der Waals surface area contributed by atoms with Gasteiger partial charge in [0.1, 0.15) is 11.9 Å². The van der Waals surface area contributed by atoms with Crippen LogP contribution in [0, 0.1) is 11.3 Å². The number of halogens is 3.